The molecule has 0 saturated heterocycles. The maximum atomic E-state index is 2.37. The van der Waals surface area contributed by atoms with Gasteiger partial charge in [-0.25, -0.2) is 0 Å². The van der Waals surface area contributed by atoms with Crippen molar-refractivity contribution < 1.29 is 0 Å². The first kappa shape index (κ1) is 25.6. The Morgan fingerprint density at radius 1 is 0.484 bits per heavy atom. The van der Waals surface area contributed by atoms with Crippen LogP contribution < -0.4 is 0 Å². The lowest BCUT2D eigenvalue weighted by Crippen LogP contribution is -2.26. The fourth-order valence-electron chi connectivity index (χ4n) is 7.77. The summed E-state index contributed by atoms with van der Waals surface area (Å²) < 4.78 is 0. The Bertz CT molecular complexity index is 429. The van der Waals surface area contributed by atoms with Crippen LogP contribution in [0.4, 0.5) is 0 Å². The van der Waals surface area contributed by atoms with E-state index in [0.717, 1.165) is 29.1 Å². The van der Waals surface area contributed by atoms with Crippen molar-refractivity contribution in [3.8, 4) is 0 Å². The van der Waals surface area contributed by atoms with Gasteiger partial charge in [0.2, 0.25) is 0 Å². The molecule has 31 heavy (non-hydrogen) atoms. The van der Waals surface area contributed by atoms with Gasteiger partial charge in [-0.3, -0.25) is 0 Å². The fraction of sp³-hybridized carbons (Fsp3) is 1.00. The second-order valence-corrected chi connectivity index (χ2v) is 12.5. The van der Waals surface area contributed by atoms with Crippen LogP contribution in [0.15, 0.2) is 0 Å². The monoisotopic (exact) mass is 430 g/mol. The minimum Gasteiger partial charge on any atom is -0.0654 e. The fourth-order valence-corrected chi connectivity index (χ4v) is 7.77. The van der Waals surface area contributed by atoms with Gasteiger partial charge in [0.15, 0.2) is 0 Å². The minimum absolute atomic E-state index is 0.764. The van der Waals surface area contributed by atoms with Crippen molar-refractivity contribution in [2.24, 2.45) is 29.1 Å². The predicted molar refractivity (Wildman–Crippen MR) is 139 cm³/mol. The molecule has 3 aliphatic rings. The van der Waals surface area contributed by atoms with Gasteiger partial charge >= 0.3 is 0 Å². The van der Waals surface area contributed by atoms with E-state index < -0.39 is 0 Å². The van der Waals surface area contributed by atoms with Crippen molar-refractivity contribution in [3.05, 3.63) is 0 Å². The predicted octanol–water partition coefficient (Wildman–Crippen LogP) is 10.9. The van der Waals surface area contributed by atoms with E-state index in [0.29, 0.717) is 0 Å². The summed E-state index contributed by atoms with van der Waals surface area (Å²) in [5.41, 5.74) is 0.764. The van der Waals surface area contributed by atoms with E-state index in [1.807, 2.05) is 0 Å². The molecule has 182 valence electrons. The Hall–Kier alpha value is 0. The van der Waals surface area contributed by atoms with E-state index in [1.54, 1.807) is 96.3 Å². The number of hydrogen-bond acceptors (Lipinski definition) is 0. The smallest absolute Gasteiger partial charge is 0.0297 e. The molecule has 0 bridgehead atoms. The average Bonchev–Trinajstić information content (AvgIpc) is 2.82. The molecule has 0 aliphatic heterocycles. The molecule has 0 aromatic heterocycles. The zero-order valence-corrected chi connectivity index (χ0v) is 21.8. The van der Waals surface area contributed by atoms with Gasteiger partial charge in [-0.1, -0.05) is 136 Å². The molecular weight excluding hydrogens is 372 g/mol. The topological polar surface area (TPSA) is 0 Å². The van der Waals surface area contributed by atoms with E-state index in [4.69, 9.17) is 0 Å². The lowest BCUT2D eigenvalue weighted by Gasteiger charge is -2.39. The molecule has 0 unspecified atom stereocenters. The third-order valence-electron chi connectivity index (χ3n) is 10.2. The molecule has 0 nitrogen and oxygen atoms in total. The summed E-state index contributed by atoms with van der Waals surface area (Å²) in [7, 11) is 0. The Balaban J connectivity index is 1.29. The highest BCUT2D eigenvalue weighted by atomic mass is 14.4. The zero-order valence-electron chi connectivity index (χ0n) is 21.8. The average molecular weight is 431 g/mol. The number of rotatable bonds is 13. The second kappa shape index (κ2) is 14.3. The molecule has 0 atom stereocenters. The highest BCUT2D eigenvalue weighted by Gasteiger charge is 2.32. The van der Waals surface area contributed by atoms with Gasteiger partial charge in [-0.2, -0.15) is 0 Å². The van der Waals surface area contributed by atoms with E-state index in [1.165, 1.54) is 57.8 Å². The molecule has 0 aromatic rings. The number of unbranched alkanes of at least 4 members (excludes halogenated alkanes) is 3. The Kier molecular flexibility index (Phi) is 11.8. The van der Waals surface area contributed by atoms with Crippen LogP contribution in [-0.4, -0.2) is 0 Å². The molecule has 3 saturated carbocycles. The normalized spacial score (nSPS) is 31.5. The maximum absolute atomic E-state index is 2.37. The van der Waals surface area contributed by atoms with E-state index in [-0.39, 0.29) is 0 Å². The lowest BCUT2D eigenvalue weighted by atomic mass is 9.66. The summed E-state index contributed by atoms with van der Waals surface area (Å²) >= 11 is 0. The Morgan fingerprint density at radius 3 is 1.48 bits per heavy atom. The molecule has 3 rings (SSSR count). The second-order valence-electron chi connectivity index (χ2n) is 12.5. The van der Waals surface area contributed by atoms with Crippen LogP contribution in [0.2, 0.25) is 0 Å². The summed E-state index contributed by atoms with van der Waals surface area (Å²) in [6.45, 7) is 4.71. The molecule has 0 heteroatoms. The molecule has 0 spiro atoms. The molecule has 3 fully saturated rings. The van der Waals surface area contributed by atoms with E-state index in [2.05, 4.69) is 13.8 Å². The number of hydrogen-bond donors (Lipinski definition) is 0. The van der Waals surface area contributed by atoms with Crippen LogP contribution in [-0.2, 0) is 0 Å². The van der Waals surface area contributed by atoms with Crippen molar-refractivity contribution in [2.75, 3.05) is 0 Å². The summed E-state index contributed by atoms with van der Waals surface area (Å²) in [5.74, 6) is 4.34. The first-order valence-corrected chi connectivity index (χ1v) is 15.2. The zero-order chi connectivity index (χ0) is 21.8. The van der Waals surface area contributed by atoms with Crippen LogP contribution in [0.5, 0.6) is 0 Å². The van der Waals surface area contributed by atoms with Crippen molar-refractivity contribution in [2.45, 2.75) is 168 Å². The molecule has 0 N–H and O–H groups in total. The van der Waals surface area contributed by atoms with E-state index >= 15 is 0 Å². The SMILES string of the molecule is CCCCCC1(CCC2CCC(CCC3CCC(CCCC)CC3)CC2)CCCCC1. The summed E-state index contributed by atoms with van der Waals surface area (Å²) in [6, 6.07) is 0. The van der Waals surface area contributed by atoms with Gasteiger partial charge in [0.1, 0.15) is 0 Å². The first-order valence-electron chi connectivity index (χ1n) is 15.2. The standard InChI is InChI=1S/C31H58/c1-3-5-8-23-31(24-9-7-10-25-31)26-22-30-20-18-29(19-21-30)17-16-28-14-12-27(13-15-28)11-6-4-2/h27-30H,3-26H2,1-2H3. The third-order valence-corrected chi connectivity index (χ3v) is 10.2. The molecule has 0 aromatic carbocycles. The van der Waals surface area contributed by atoms with Crippen molar-refractivity contribution in [3.63, 3.8) is 0 Å². The molecular formula is C31H58. The quantitative estimate of drug-likeness (QED) is 0.255. The highest BCUT2D eigenvalue weighted by molar-refractivity contribution is 4.85. The third kappa shape index (κ3) is 9.04. The van der Waals surface area contributed by atoms with Gasteiger partial charge in [0.25, 0.3) is 0 Å². The van der Waals surface area contributed by atoms with Crippen LogP contribution >= 0.6 is 0 Å². The van der Waals surface area contributed by atoms with Crippen LogP contribution in [0.1, 0.15) is 168 Å². The van der Waals surface area contributed by atoms with Gasteiger partial charge in [0.05, 0.1) is 0 Å². The Morgan fingerprint density at radius 2 is 0.968 bits per heavy atom. The van der Waals surface area contributed by atoms with Gasteiger partial charge in [-0.15, -0.1) is 0 Å². The van der Waals surface area contributed by atoms with Gasteiger partial charge in [-0.05, 0) is 61.2 Å². The summed E-state index contributed by atoms with van der Waals surface area (Å²) in [4.78, 5) is 0. The van der Waals surface area contributed by atoms with Crippen LogP contribution in [0.3, 0.4) is 0 Å². The summed E-state index contributed by atoms with van der Waals surface area (Å²) in [6.07, 6.45) is 36.8. The van der Waals surface area contributed by atoms with Crippen molar-refractivity contribution >= 4 is 0 Å². The molecule has 3 aliphatic carbocycles. The lowest BCUT2D eigenvalue weighted by molar-refractivity contribution is 0.127. The minimum atomic E-state index is 0.764. The molecule has 0 radical (unpaired) electrons. The van der Waals surface area contributed by atoms with E-state index in [9.17, 15) is 0 Å². The van der Waals surface area contributed by atoms with Crippen LogP contribution in [0.25, 0.3) is 0 Å². The molecule has 0 heterocycles. The van der Waals surface area contributed by atoms with Crippen molar-refractivity contribution in [1.82, 2.24) is 0 Å². The molecule has 0 amide bonds. The first-order chi connectivity index (χ1) is 15.2. The summed E-state index contributed by atoms with van der Waals surface area (Å²) in [5, 5.41) is 0. The van der Waals surface area contributed by atoms with Crippen LogP contribution in [0, 0.1) is 29.1 Å². The Labute approximate surface area is 197 Å². The maximum Gasteiger partial charge on any atom is -0.0297 e. The largest absolute Gasteiger partial charge is 0.0654 e. The highest BCUT2D eigenvalue weighted by Crippen LogP contribution is 2.46. The van der Waals surface area contributed by atoms with Gasteiger partial charge in [0, 0.05) is 0 Å². The van der Waals surface area contributed by atoms with Crippen molar-refractivity contribution in [1.29, 1.82) is 0 Å². The van der Waals surface area contributed by atoms with Gasteiger partial charge < -0.3 is 0 Å².